The zero-order chi connectivity index (χ0) is 16.9. The first-order valence-corrected chi connectivity index (χ1v) is 8.21. The van der Waals surface area contributed by atoms with Gasteiger partial charge in [0.05, 0.1) is 16.2 Å². The van der Waals surface area contributed by atoms with Crippen molar-refractivity contribution < 1.29 is 13.2 Å². The molecule has 2 aromatic rings. The van der Waals surface area contributed by atoms with E-state index in [1.54, 1.807) is 37.4 Å². The minimum absolute atomic E-state index is 0.163. The molecule has 1 aromatic heterocycles. The summed E-state index contributed by atoms with van der Waals surface area (Å²) in [5.74, 6) is -0.369. The molecular weight excluding hydrogens is 316 g/mol. The third-order valence-corrected chi connectivity index (χ3v) is 4.53. The number of nitrogens with one attached hydrogen (secondary N) is 2. The highest BCUT2D eigenvalue weighted by atomic mass is 32.2. The molecular formula is C15H16N4O3S. The fourth-order valence-corrected chi connectivity index (χ4v) is 2.48. The Bertz CT molecular complexity index is 816. The van der Waals surface area contributed by atoms with Gasteiger partial charge in [0.15, 0.2) is 0 Å². The molecule has 2 N–H and O–H groups in total. The predicted octanol–water partition coefficient (Wildman–Crippen LogP) is 1.14. The average molecular weight is 332 g/mol. The van der Waals surface area contributed by atoms with Gasteiger partial charge in [-0.3, -0.25) is 9.78 Å². The molecule has 0 aliphatic rings. The maximum Gasteiger partial charge on any atom is 0.272 e. The van der Waals surface area contributed by atoms with E-state index in [9.17, 15) is 13.2 Å². The molecule has 7 nitrogen and oxygen atoms in total. The summed E-state index contributed by atoms with van der Waals surface area (Å²) in [4.78, 5) is 15.9. The van der Waals surface area contributed by atoms with Crippen molar-refractivity contribution in [1.82, 2.24) is 15.1 Å². The molecule has 23 heavy (non-hydrogen) atoms. The number of nitrogens with zero attached hydrogens (tertiary/aromatic N) is 2. The van der Waals surface area contributed by atoms with Crippen molar-refractivity contribution in [1.29, 1.82) is 0 Å². The lowest BCUT2D eigenvalue weighted by Gasteiger charge is -2.05. The van der Waals surface area contributed by atoms with E-state index >= 15 is 0 Å². The van der Waals surface area contributed by atoms with Crippen molar-refractivity contribution in [2.75, 3.05) is 7.05 Å². The van der Waals surface area contributed by atoms with Gasteiger partial charge in [0.2, 0.25) is 10.0 Å². The molecule has 0 spiro atoms. The van der Waals surface area contributed by atoms with E-state index in [-0.39, 0.29) is 10.8 Å². The molecule has 0 aliphatic carbocycles. The van der Waals surface area contributed by atoms with Crippen LogP contribution in [-0.2, 0) is 10.0 Å². The summed E-state index contributed by atoms with van der Waals surface area (Å²) in [6.45, 7) is 1.71. The Morgan fingerprint density at radius 3 is 2.39 bits per heavy atom. The van der Waals surface area contributed by atoms with Crippen LogP contribution in [-0.4, -0.2) is 32.1 Å². The van der Waals surface area contributed by atoms with Crippen LogP contribution in [0.1, 0.15) is 22.8 Å². The van der Waals surface area contributed by atoms with E-state index in [1.807, 2.05) is 0 Å². The normalized spacial score (nSPS) is 12.0. The minimum Gasteiger partial charge on any atom is -0.267 e. The number of carbonyl (C=O) groups is 1. The Balaban J connectivity index is 2.11. The van der Waals surface area contributed by atoms with Crippen LogP contribution in [0.3, 0.4) is 0 Å². The zero-order valence-electron chi connectivity index (χ0n) is 12.6. The molecule has 0 aliphatic heterocycles. The monoisotopic (exact) mass is 332 g/mol. The first kappa shape index (κ1) is 16.8. The standard InChI is InChI=1S/C15H16N4O3S/c1-11(18-19-15(20)13-4-3-9-17-10-13)12-5-7-14(8-6-12)23(21,22)16-2/h3-10,16H,1-2H3,(H,19,20)/b18-11-. The lowest BCUT2D eigenvalue weighted by Crippen LogP contribution is -2.20. The van der Waals surface area contributed by atoms with Crippen LogP contribution >= 0.6 is 0 Å². The van der Waals surface area contributed by atoms with Gasteiger partial charge in [-0.25, -0.2) is 18.6 Å². The number of hydrogen-bond donors (Lipinski definition) is 2. The fraction of sp³-hybridized carbons (Fsp3) is 0.133. The smallest absolute Gasteiger partial charge is 0.267 e. The van der Waals surface area contributed by atoms with Gasteiger partial charge in [-0.1, -0.05) is 12.1 Å². The van der Waals surface area contributed by atoms with E-state index in [4.69, 9.17) is 0 Å². The second-order valence-corrected chi connectivity index (χ2v) is 6.50. The molecule has 120 valence electrons. The van der Waals surface area contributed by atoms with Crippen LogP contribution in [0.2, 0.25) is 0 Å². The number of amides is 1. The van der Waals surface area contributed by atoms with Crippen molar-refractivity contribution in [2.45, 2.75) is 11.8 Å². The van der Waals surface area contributed by atoms with E-state index in [1.165, 1.54) is 25.4 Å². The third-order valence-electron chi connectivity index (χ3n) is 3.10. The number of sulfonamides is 1. The Hall–Kier alpha value is -2.58. The number of rotatable bonds is 5. The molecule has 0 bridgehead atoms. The van der Waals surface area contributed by atoms with Gasteiger partial charge < -0.3 is 0 Å². The Morgan fingerprint density at radius 1 is 1.13 bits per heavy atom. The highest BCUT2D eigenvalue weighted by Gasteiger charge is 2.11. The second kappa shape index (κ2) is 7.12. The number of hydrogen-bond acceptors (Lipinski definition) is 5. The molecule has 1 amide bonds. The summed E-state index contributed by atoms with van der Waals surface area (Å²) in [5, 5.41) is 4.01. The van der Waals surface area contributed by atoms with Crippen molar-refractivity contribution in [3.8, 4) is 0 Å². The average Bonchev–Trinajstić information content (AvgIpc) is 2.60. The van der Waals surface area contributed by atoms with Crippen LogP contribution in [0.25, 0.3) is 0 Å². The molecule has 8 heteroatoms. The Morgan fingerprint density at radius 2 is 1.83 bits per heavy atom. The largest absolute Gasteiger partial charge is 0.272 e. The Labute approximate surface area is 134 Å². The van der Waals surface area contributed by atoms with E-state index in [0.717, 1.165) is 0 Å². The fourth-order valence-electron chi connectivity index (χ4n) is 1.75. The third kappa shape index (κ3) is 4.21. The number of carbonyl (C=O) groups excluding carboxylic acids is 1. The summed E-state index contributed by atoms with van der Waals surface area (Å²) in [5.41, 5.74) is 4.09. The highest BCUT2D eigenvalue weighted by molar-refractivity contribution is 7.89. The number of pyridine rings is 1. The highest BCUT2D eigenvalue weighted by Crippen LogP contribution is 2.10. The van der Waals surface area contributed by atoms with Crippen LogP contribution in [0.5, 0.6) is 0 Å². The van der Waals surface area contributed by atoms with Gasteiger partial charge in [0.25, 0.3) is 5.91 Å². The van der Waals surface area contributed by atoms with Gasteiger partial charge >= 0.3 is 0 Å². The van der Waals surface area contributed by atoms with E-state index < -0.39 is 10.0 Å². The maximum absolute atomic E-state index is 11.9. The lowest BCUT2D eigenvalue weighted by atomic mass is 10.1. The lowest BCUT2D eigenvalue weighted by molar-refractivity contribution is 0.0954. The predicted molar refractivity (Wildman–Crippen MR) is 86.6 cm³/mol. The second-order valence-electron chi connectivity index (χ2n) is 4.61. The van der Waals surface area contributed by atoms with Gasteiger partial charge in [-0.05, 0) is 43.8 Å². The minimum atomic E-state index is -3.47. The van der Waals surface area contributed by atoms with Crippen LogP contribution in [0.15, 0.2) is 58.8 Å². The van der Waals surface area contributed by atoms with Crippen LogP contribution in [0, 0.1) is 0 Å². The number of benzene rings is 1. The van der Waals surface area contributed by atoms with Gasteiger partial charge in [0, 0.05) is 12.4 Å². The molecule has 0 saturated heterocycles. The van der Waals surface area contributed by atoms with Crippen molar-refractivity contribution in [2.24, 2.45) is 5.10 Å². The number of aromatic nitrogens is 1. The van der Waals surface area contributed by atoms with E-state index in [0.29, 0.717) is 16.8 Å². The molecule has 1 heterocycles. The molecule has 1 aromatic carbocycles. The van der Waals surface area contributed by atoms with Gasteiger partial charge in [-0.15, -0.1) is 0 Å². The summed E-state index contributed by atoms with van der Waals surface area (Å²) >= 11 is 0. The van der Waals surface area contributed by atoms with Crippen molar-refractivity contribution in [3.63, 3.8) is 0 Å². The van der Waals surface area contributed by atoms with E-state index in [2.05, 4.69) is 20.2 Å². The van der Waals surface area contributed by atoms with Crippen LogP contribution < -0.4 is 10.1 Å². The topological polar surface area (TPSA) is 101 Å². The van der Waals surface area contributed by atoms with Gasteiger partial charge in [0.1, 0.15) is 0 Å². The summed E-state index contributed by atoms with van der Waals surface area (Å²) in [6.07, 6.45) is 3.02. The summed E-state index contributed by atoms with van der Waals surface area (Å²) < 4.78 is 25.5. The maximum atomic E-state index is 11.9. The van der Waals surface area contributed by atoms with Gasteiger partial charge in [-0.2, -0.15) is 5.10 Å². The summed E-state index contributed by atoms with van der Waals surface area (Å²) in [6, 6.07) is 9.49. The molecule has 0 radical (unpaired) electrons. The Kier molecular flexibility index (Phi) is 5.20. The molecule has 0 atom stereocenters. The molecule has 0 unspecified atom stereocenters. The molecule has 0 saturated carbocycles. The first-order valence-electron chi connectivity index (χ1n) is 6.72. The molecule has 0 fully saturated rings. The first-order chi connectivity index (χ1) is 10.9. The molecule has 2 rings (SSSR count). The SMILES string of the molecule is CNS(=O)(=O)c1ccc(/C(C)=N\NC(=O)c2cccnc2)cc1. The summed E-state index contributed by atoms with van der Waals surface area (Å²) in [7, 11) is -2.12. The van der Waals surface area contributed by atoms with Crippen molar-refractivity contribution in [3.05, 3.63) is 59.9 Å². The van der Waals surface area contributed by atoms with Crippen molar-refractivity contribution >= 4 is 21.6 Å². The van der Waals surface area contributed by atoms with Crippen LogP contribution in [0.4, 0.5) is 0 Å². The number of hydrazone groups is 1. The quantitative estimate of drug-likeness (QED) is 0.633. The zero-order valence-corrected chi connectivity index (χ0v) is 13.5.